The van der Waals surface area contributed by atoms with Gasteiger partial charge in [-0.1, -0.05) is 23.4 Å². The van der Waals surface area contributed by atoms with Gasteiger partial charge in [0.2, 0.25) is 0 Å². The first kappa shape index (κ1) is 13.4. The van der Waals surface area contributed by atoms with Gasteiger partial charge in [0, 0.05) is 29.1 Å². The van der Waals surface area contributed by atoms with Crippen molar-refractivity contribution in [2.75, 3.05) is 12.8 Å². The average Bonchev–Trinajstić information content (AvgIpc) is 2.32. The van der Waals surface area contributed by atoms with Gasteiger partial charge in [-0.15, -0.1) is 0 Å². The van der Waals surface area contributed by atoms with Gasteiger partial charge in [-0.2, -0.15) is 0 Å². The first-order valence-electron chi connectivity index (χ1n) is 5.24. The summed E-state index contributed by atoms with van der Waals surface area (Å²) in [7, 11) is 1.38. The van der Waals surface area contributed by atoms with Crippen LogP contribution in [-0.2, 0) is 9.53 Å². The Morgan fingerprint density at radius 1 is 1.53 bits per heavy atom. The van der Waals surface area contributed by atoms with Gasteiger partial charge in [-0.3, -0.25) is 4.79 Å². The summed E-state index contributed by atoms with van der Waals surface area (Å²) in [5.74, 6) is 5.67. The largest absolute Gasteiger partial charge is 0.469 e. The minimum Gasteiger partial charge on any atom is -0.469 e. The van der Waals surface area contributed by atoms with E-state index < -0.39 is 0 Å². The molecule has 0 atom stereocenters. The van der Waals surface area contributed by atoms with Gasteiger partial charge in [-0.05, 0) is 24.6 Å². The summed E-state index contributed by atoms with van der Waals surface area (Å²) >= 11 is 5.83. The molecule has 0 aliphatic rings. The maximum atomic E-state index is 10.8. The number of unbranched alkanes of at least 4 members (excludes halogenated alkanes) is 1. The Morgan fingerprint density at radius 3 is 3.00 bits per heavy atom. The molecular weight excluding hydrogens is 238 g/mol. The minimum absolute atomic E-state index is 0.214. The monoisotopic (exact) mass is 251 g/mol. The Morgan fingerprint density at radius 2 is 2.29 bits per heavy atom. The highest BCUT2D eigenvalue weighted by Gasteiger charge is 1.98. The molecule has 1 aromatic carbocycles. The van der Waals surface area contributed by atoms with Crippen LogP contribution in [0.2, 0.25) is 5.02 Å². The summed E-state index contributed by atoms with van der Waals surface area (Å²) in [6.07, 6.45) is 1.69. The van der Waals surface area contributed by atoms with E-state index in [0.717, 1.165) is 5.56 Å². The standard InChI is InChI=1S/C13H14ClNO2/c1-17-13(16)6-4-2-3-5-10-9-11(14)7-8-12(10)15/h7-9H,2,4,6,15H2,1H3. The van der Waals surface area contributed by atoms with Crippen LogP contribution in [0.15, 0.2) is 18.2 Å². The molecule has 0 saturated carbocycles. The molecule has 0 aliphatic heterocycles. The van der Waals surface area contributed by atoms with E-state index >= 15 is 0 Å². The third-order valence-electron chi connectivity index (χ3n) is 2.15. The van der Waals surface area contributed by atoms with Crippen LogP contribution in [0.4, 0.5) is 5.69 Å². The van der Waals surface area contributed by atoms with Crippen molar-refractivity contribution in [3.63, 3.8) is 0 Å². The number of anilines is 1. The number of rotatable bonds is 3. The van der Waals surface area contributed by atoms with Crippen LogP contribution in [-0.4, -0.2) is 13.1 Å². The summed E-state index contributed by atoms with van der Waals surface area (Å²) in [6.45, 7) is 0. The van der Waals surface area contributed by atoms with Crippen LogP contribution in [0.5, 0.6) is 0 Å². The van der Waals surface area contributed by atoms with Crippen molar-refractivity contribution < 1.29 is 9.53 Å². The van der Waals surface area contributed by atoms with E-state index in [1.54, 1.807) is 18.2 Å². The lowest BCUT2D eigenvalue weighted by atomic mass is 10.1. The summed E-state index contributed by atoms with van der Waals surface area (Å²) in [6, 6.07) is 5.17. The smallest absolute Gasteiger partial charge is 0.305 e. The van der Waals surface area contributed by atoms with Crippen molar-refractivity contribution in [3.8, 4) is 11.8 Å². The van der Waals surface area contributed by atoms with Gasteiger partial charge >= 0.3 is 5.97 Å². The number of nitrogen functional groups attached to an aromatic ring is 1. The summed E-state index contributed by atoms with van der Waals surface area (Å²) in [5.41, 5.74) is 7.06. The number of hydrogen-bond donors (Lipinski definition) is 1. The topological polar surface area (TPSA) is 52.3 Å². The van der Waals surface area contributed by atoms with Crippen LogP contribution in [0, 0.1) is 11.8 Å². The number of ether oxygens (including phenoxy) is 1. The molecule has 0 radical (unpaired) electrons. The molecule has 0 heterocycles. The van der Waals surface area contributed by atoms with E-state index in [0.29, 0.717) is 30.0 Å². The molecule has 17 heavy (non-hydrogen) atoms. The SMILES string of the molecule is COC(=O)CCCC#Cc1cc(Cl)ccc1N. The summed E-state index contributed by atoms with van der Waals surface area (Å²) < 4.78 is 4.53. The van der Waals surface area contributed by atoms with E-state index in [-0.39, 0.29) is 5.97 Å². The number of methoxy groups -OCH3 is 1. The number of hydrogen-bond acceptors (Lipinski definition) is 3. The third kappa shape index (κ3) is 4.80. The van der Waals surface area contributed by atoms with Gasteiger partial charge in [-0.25, -0.2) is 0 Å². The number of halogens is 1. The Labute approximate surface area is 106 Å². The molecule has 0 spiro atoms. The molecule has 4 heteroatoms. The van der Waals surface area contributed by atoms with E-state index in [4.69, 9.17) is 17.3 Å². The molecular formula is C13H14ClNO2. The Kier molecular flexibility index (Phi) is 5.38. The zero-order chi connectivity index (χ0) is 12.7. The summed E-state index contributed by atoms with van der Waals surface area (Å²) in [4.78, 5) is 10.8. The minimum atomic E-state index is -0.214. The zero-order valence-corrected chi connectivity index (χ0v) is 10.4. The van der Waals surface area contributed by atoms with E-state index in [2.05, 4.69) is 16.6 Å². The number of carbonyl (C=O) groups excluding carboxylic acids is 1. The van der Waals surface area contributed by atoms with Gasteiger partial charge in [0.1, 0.15) is 0 Å². The molecule has 0 bridgehead atoms. The molecule has 0 aromatic heterocycles. The van der Waals surface area contributed by atoms with Crippen molar-refractivity contribution >= 4 is 23.3 Å². The Balaban J connectivity index is 2.49. The van der Waals surface area contributed by atoms with Crippen LogP contribution in [0.1, 0.15) is 24.8 Å². The molecule has 1 aromatic rings. The molecule has 0 unspecified atom stereocenters. The number of carbonyl (C=O) groups is 1. The number of esters is 1. The quantitative estimate of drug-likeness (QED) is 0.389. The number of nitrogens with two attached hydrogens (primary N) is 1. The molecule has 3 nitrogen and oxygen atoms in total. The van der Waals surface area contributed by atoms with Crippen molar-refractivity contribution in [3.05, 3.63) is 28.8 Å². The lowest BCUT2D eigenvalue weighted by molar-refractivity contribution is -0.140. The van der Waals surface area contributed by atoms with Gasteiger partial charge < -0.3 is 10.5 Å². The third-order valence-corrected chi connectivity index (χ3v) is 2.38. The van der Waals surface area contributed by atoms with Crippen LogP contribution in [0.25, 0.3) is 0 Å². The predicted octanol–water partition coefficient (Wildman–Crippen LogP) is 2.62. The van der Waals surface area contributed by atoms with Crippen LogP contribution < -0.4 is 5.73 Å². The van der Waals surface area contributed by atoms with Gasteiger partial charge in [0.25, 0.3) is 0 Å². The second-order valence-electron chi connectivity index (χ2n) is 3.46. The van der Waals surface area contributed by atoms with Crippen LogP contribution >= 0.6 is 11.6 Å². The van der Waals surface area contributed by atoms with Gasteiger partial charge in [0.15, 0.2) is 0 Å². The number of benzene rings is 1. The predicted molar refractivity (Wildman–Crippen MR) is 68.6 cm³/mol. The second-order valence-corrected chi connectivity index (χ2v) is 3.90. The Hall–Kier alpha value is -1.66. The molecule has 0 saturated heterocycles. The van der Waals surface area contributed by atoms with E-state index in [9.17, 15) is 4.79 Å². The average molecular weight is 252 g/mol. The van der Waals surface area contributed by atoms with Crippen molar-refractivity contribution in [2.24, 2.45) is 0 Å². The highest BCUT2D eigenvalue weighted by Crippen LogP contribution is 2.16. The van der Waals surface area contributed by atoms with Crippen molar-refractivity contribution in [2.45, 2.75) is 19.3 Å². The van der Waals surface area contributed by atoms with Gasteiger partial charge in [0.05, 0.1) is 7.11 Å². The molecule has 2 N–H and O–H groups in total. The first-order valence-corrected chi connectivity index (χ1v) is 5.62. The second kappa shape index (κ2) is 6.82. The lowest BCUT2D eigenvalue weighted by Crippen LogP contribution is -1.98. The van der Waals surface area contributed by atoms with Crippen molar-refractivity contribution in [1.82, 2.24) is 0 Å². The first-order chi connectivity index (χ1) is 8.13. The van der Waals surface area contributed by atoms with Crippen LogP contribution in [0.3, 0.4) is 0 Å². The fourth-order valence-electron chi connectivity index (χ4n) is 1.22. The normalized spacial score (nSPS) is 9.29. The Bertz CT molecular complexity index is 460. The fourth-order valence-corrected chi connectivity index (χ4v) is 1.39. The van der Waals surface area contributed by atoms with E-state index in [1.165, 1.54) is 7.11 Å². The molecule has 0 aliphatic carbocycles. The maximum Gasteiger partial charge on any atom is 0.305 e. The zero-order valence-electron chi connectivity index (χ0n) is 9.63. The maximum absolute atomic E-state index is 10.8. The lowest BCUT2D eigenvalue weighted by Gasteiger charge is -1.98. The highest BCUT2D eigenvalue weighted by molar-refractivity contribution is 6.30. The summed E-state index contributed by atoms with van der Waals surface area (Å²) in [5, 5.41) is 0.609. The molecule has 1 rings (SSSR count). The molecule has 0 fully saturated rings. The van der Waals surface area contributed by atoms with Crippen molar-refractivity contribution in [1.29, 1.82) is 0 Å². The fraction of sp³-hybridized carbons (Fsp3) is 0.308. The highest BCUT2D eigenvalue weighted by atomic mass is 35.5. The molecule has 90 valence electrons. The molecule has 0 amide bonds. The van der Waals surface area contributed by atoms with E-state index in [1.807, 2.05) is 0 Å².